The molecule has 1 aromatic carbocycles. The van der Waals surface area contributed by atoms with Crippen molar-refractivity contribution in [1.29, 1.82) is 5.26 Å². The Bertz CT molecular complexity index is 630. The summed E-state index contributed by atoms with van der Waals surface area (Å²) >= 11 is 2.16. The van der Waals surface area contributed by atoms with Gasteiger partial charge < -0.3 is 9.04 Å². The standard InChI is InChI=1S/C13H12IN3O3S/c14-21-16-7-10(6-13(8-15)3-4-13)20-12-2-1-9(17(18)19)5-11(12)16/h1-2,5,10H,3-4,6-7H2. The van der Waals surface area contributed by atoms with Gasteiger partial charge >= 0.3 is 0 Å². The van der Waals surface area contributed by atoms with Crippen LogP contribution in [0.1, 0.15) is 19.3 Å². The highest BCUT2D eigenvalue weighted by Crippen LogP contribution is 2.51. The molecule has 0 N–H and O–H groups in total. The minimum atomic E-state index is -0.405. The molecule has 0 spiro atoms. The minimum absolute atomic E-state index is 0.0524. The molecule has 1 fully saturated rings. The highest BCUT2D eigenvalue weighted by Gasteiger charge is 2.46. The number of nitro groups is 1. The Morgan fingerprint density at radius 3 is 2.95 bits per heavy atom. The van der Waals surface area contributed by atoms with Crippen LogP contribution in [0.3, 0.4) is 0 Å². The lowest BCUT2D eigenvalue weighted by molar-refractivity contribution is -0.384. The molecule has 6 nitrogen and oxygen atoms in total. The van der Waals surface area contributed by atoms with E-state index in [1.54, 1.807) is 6.07 Å². The van der Waals surface area contributed by atoms with Crippen LogP contribution in [0.25, 0.3) is 0 Å². The van der Waals surface area contributed by atoms with Gasteiger partial charge in [-0.25, -0.2) is 0 Å². The number of hydrogen-bond acceptors (Lipinski definition) is 6. The second kappa shape index (κ2) is 5.53. The number of hydrogen-bond donors (Lipinski definition) is 0. The van der Waals surface area contributed by atoms with Gasteiger partial charge in [0.25, 0.3) is 5.69 Å². The molecule has 1 heterocycles. The Labute approximate surface area is 138 Å². The maximum Gasteiger partial charge on any atom is 0.271 e. The van der Waals surface area contributed by atoms with Crippen LogP contribution < -0.4 is 9.04 Å². The van der Waals surface area contributed by atoms with Crippen LogP contribution in [0, 0.1) is 26.9 Å². The minimum Gasteiger partial charge on any atom is -0.486 e. The van der Waals surface area contributed by atoms with Crippen molar-refractivity contribution in [3.05, 3.63) is 28.3 Å². The average Bonchev–Trinajstić information content (AvgIpc) is 3.26. The molecule has 0 amide bonds. The summed E-state index contributed by atoms with van der Waals surface area (Å²) in [5.41, 5.74) is 0.563. The van der Waals surface area contributed by atoms with E-state index in [-0.39, 0.29) is 17.2 Å². The van der Waals surface area contributed by atoms with E-state index in [1.165, 1.54) is 21.3 Å². The van der Waals surface area contributed by atoms with Crippen molar-refractivity contribution in [2.24, 2.45) is 5.41 Å². The van der Waals surface area contributed by atoms with E-state index in [4.69, 9.17) is 4.74 Å². The van der Waals surface area contributed by atoms with Gasteiger partial charge in [-0.15, -0.1) is 0 Å². The topological polar surface area (TPSA) is 79.4 Å². The fraction of sp³-hybridized carbons (Fsp3) is 0.462. The van der Waals surface area contributed by atoms with Gasteiger partial charge in [0.1, 0.15) is 11.9 Å². The number of nitriles is 1. The molecule has 1 aromatic rings. The predicted octanol–water partition coefficient (Wildman–Crippen LogP) is 3.85. The van der Waals surface area contributed by atoms with Crippen LogP contribution in [-0.2, 0) is 0 Å². The zero-order chi connectivity index (χ0) is 15.0. The lowest BCUT2D eigenvalue weighted by atomic mass is 9.99. The van der Waals surface area contributed by atoms with Crippen molar-refractivity contribution >= 4 is 41.7 Å². The Balaban J connectivity index is 1.84. The van der Waals surface area contributed by atoms with Gasteiger partial charge in [-0.1, -0.05) is 0 Å². The Morgan fingerprint density at radius 2 is 2.38 bits per heavy atom. The highest BCUT2D eigenvalue weighted by molar-refractivity contribution is 14.2. The number of ether oxygens (including phenoxy) is 1. The number of rotatable bonds is 4. The smallest absolute Gasteiger partial charge is 0.271 e. The molecule has 1 aliphatic carbocycles. The van der Waals surface area contributed by atoms with Crippen LogP contribution in [0.5, 0.6) is 5.75 Å². The van der Waals surface area contributed by atoms with E-state index in [0.717, 1.165) is 18.5 Å². The zero-order valence-electron chi connectivity index (χ0n) is 11.0. The number of non-ortho nitro benzene ring substituents is 1. The first-order valence-electron chi connectivity index (χ1n) is 6.49. The van der Waals surface area contributed by atoms with Crippen LogP contribution in [-0.4, -0.2) is 17.6 Å². The molecule has 1 saturated carbocycles. The van der Waals surface area contributed by atoms with E-state index in [0.29, 0.717) is 18.7 Å². The molecular weight excluding hydrogens is 405 g/mol. The molecule has 0 aromatic heterocycles. The van der Waals surface area contributed by atoms with E-state index in [1.807, 2.05) is 4.31 Å². The van der Waals surface area contributed by atoms with Crippen molar-refractivity contribution in [3.63, 3.8) is 0 Å². The van der Waals surface area contributed by atoms with E-state index >= 15 is 0 Å². The maximum atomic E-state index is 10.9. The number of nitro benzene ring substituents is 1. The van der Waals surface area contributed by atoms with Gasteiger partial charge in [0, 0.05) is 48.9 Å². The lowest BCUT2D eigenvalue weighted by Crippen LogP contribution is -2.37. The largest absolute Gasteiger partial charge is 0.486 e. The first-order chi connectivity index (χ1) is 10.1. The summed E-state index contributed by atoms with van der Waals surface area (Å²) in [4.78, 5) is 10.5. The Morgan fingerprint density at radius 1 is 1.62 bits per heavy atom. The van der Waals surface area contributed by atoms with Crippen LogP contribution in [0.15, 0.2) is 18.2 Å². The van der Waals surface area contributed by atoms with E-state index in [9.17, 15) is 15.4 Å². The molecule has 0 radical (unpaired) electrons. The van der Waals surface area contributed by atoms with Crippen molar-refractivity contribution in [1.82, 2.24) is 0 Å². The second-order valence-electron chi connectivity index (χ2n) is 5.38. The third kappa shape index (κ3) is 2.89. The quantitative estimate of drug-likeness (QED) is 0.321. The summed E-state index contributed by atoms with van der Waals surface area (Å²) < 4.78 is 7.93. The fourth-order valence-electron chi connectivity index (χ4n) is 2.53. The van der Waals surface area contributed by atoms with Crippen molar-refractivity contribution in [3.8, 4) is 11.8 Å². The number of halogens is 1. The van der Waals surface area contributed by atoms with Gasteiger partial charge in [-0.3, -0.25) is 10.1 Å². The van der Waals surface area contributed by atoms with Gasteiger partial charge in [0.15, 0.2) is 0 Å². The SMILES string of the molecule is N#CC1(CC2CN(SI)c3cc([N+](=O)[O-])ccc3O2)CC1. The summed E-state index contributed by atoms with van der Waals surface area (Å²) in [7, 11) is 1.48. The first kappa shape index (κ1) is 14.7. The molecule has 0 bridgehead atoms. The molecule has 2 aliphatic rings. The third-order valence-electron chi connectivity index (χ3n) is 3.88. The average molecular weight is 417 g/mol. The summed E-state index contributed by atoms with van der Waals surface area (Å²) in [6.07, 6.45) is 2.54. The summed E-state index contributed by atoms with van der Waals surface area (Å²) in [6, 6.07) is 7.02. The van der Waals surface area contributed by atoms with Gasteiger partial charge in [-0.05, 0) is 18.9 Å². The molecule has 1 unspecified atom stereocenters. The maximum absolute atomic E-state index is 10.9. The van der Waals surface area contributed by atoms with Crippen molar-refractivity contribution in [2.75, 3.05) is 10.8 Å². The lowest BCUT2D eigenvalue weighted by Gasteiger charge is -2.34. The van der Waals surface area contributed by atoms with Crippen LogP contribution in [0.4, 0.5) is 11.4 Å². The van der Waals surface area contributed by atoms with E-state index in [2.05, 4.69) is 27.3 Å². The molecule has 110 valence electrons. The normalized spacial score (nSPS) is 21.9. The van der Waals surface area contributed by atoms with Crippen LogP contribution >= 0.6 is 30.3 Å². The van der Waals surface area contributed by atoms with Gasteiger partial charge in [0.2, 0.25) is 0 Å². The third-order valence-corrected chi connectivity index (χ3v) is 5.82. The summed E-state index contributed by atoms with van der Waals surface area (Å²) in [5, 5.41) is 20.1. The molecule has 3 rings (SSSR count). The number of benzene rings is 1. The molecule has 8 heteroatoms. The van der Waals surface area contributed by atoms with Crippen molar-refractivity contribution < 1.29 is 9.66 Å². The molecule has 1 atom stereocenters. The molecular formula is C13H12IN3O3S. The Kier molecular flexibility index (Phi) is 3.88. The fourth-order valence-corrected chi connectivity index (χ4v) is 4.09. The summed E-state index contributed by atoms with van der Waals surface area (Å²) in [6.45, 7) is 0.630. The number of fused-ring (bicyclic) bond motifs is 1. The van der Waals surface area contributed by atoms with Gasteiger partial charge in [-0.2, -0.15) is 5.26 Å². The van der Waals surface area contributed by atoms with E-state index < -0.39 is 4.92 Å². The molecule has 1 aliphatic heterocycles. The van der Waals surface area contributed by atoms with Crippen molar-refractivity contribution in [2.45, 2.75) is 25.4 Å². The predicted molar refractivity (Wildman–Crippen MR) is 88.4 cm³/mol. The number of anilines is 1. The molecule has 0 saturated heterocycles. The monoisotopic (exact) mass is 417 g/mol. The second-order valence-corrected chi connectivity index (χ2v) is 7.14. The Hall–Kier alpha value is -1.21. The van der Waals surface area contributed by atoms with Gasteiger partial charge in [0.05, 0.1) is 28.6 Å². The van der Waals surface area contributed by atoms with Crippen LogP contribution in [0.2, 0.25) is 0 Å². The summed E-state index contributed by atoms with van der Waals surface area (Å²) in [5.74, 6) is 0.648. The number of nitrogens with zero attached hydrogens (tertiary/aromatic N) is 3. The molecule has 21 heavy (non-hydrogen) atoms. The first-order valence-corrected chi connectivity index (χ1v) is 9.81. The highest BCUT2D eigenvalue weighted by atomic mass is 127. The zero-order valence-corrected chi connectivity index (χ0v) is 14.0.